The van der Waals surface area contributed by atoms with E-state index in [1.54, 1.807) is 0 Å². The molecule has 0 saturated heterocycles. The Morgan fingerprint density at radius 1 is 1.20 bits per heavy atom. The smallest absolute Gasteiger partial charge is 0.247 e. The highest BCUT2D eigenvalue weighted by Gasteiger charge is 2.30. The molecule has 0 saturated carbocycles. The molecule has 0 aliphatic heterocycles. The first-order chi connectivity index (χ1) is 11.6. The van der Waals surface area contributed by atoms with Gasteiger partial charge in [0.2, 0.25) is 15.9 Å². The van der Waals surface area contributed by atoms with Gasteiger partial charge < -0.3 is 5.32 Å². The average Bonchev–Trinajstić information content (AvgIpc) is 2.49. The molecule has 134 valence electrons. The molecule has 1 atom stereocenters. The number of halogens is 3. The Morgan fingerprint density at radius 3 is 2.48 bits per heavy atom. The van der Waals surface area contributed by atoms with E-state index >= 15 is 0 Å². The van der Waals surface area contributed by atoms with Crippen LogP contribution >= 0.6 is 23.2 Å². The molecule has 5 nitrogen and oxygen atoms in total. The van der Waals surface area contributed by atoms with Crippen molar-refractivity contribution in [3.8, 4) is 0 Å². The summed E-state index contributed by atoms with van der Waals surface area (Å²) in [6.45, 7) is 1.40. The fourth-order valence-corrected chi connectivity index (χ4v) is 3.85. The summed E-state index contributed by atoms with van der Waals surface area (Å²) in [4.78, 5) is 12.5. The minimum atomic E-state index is -3.85. The standard InChI is InChI=1S/C16H15Cl2FN2O3S/c1-10(16(22)20-13-5-3-4-12(19)9-13)21(25(2,23)24)15-8-11(17)6-7-14(15)18/h3-10H,1-2H3,(H,20,22). The van der Waals surface area contributed by atoms with E-state index < -0.39 is 27.8 Å². The first kappa shape index (κ1) is 19.5. The number of amides is 1. The summed E-state index contributed by atoms with van der Waals surface area (Å²) in [6, 6.07) is 8.43. The first-order valence-corrected chi connectivity index (χ1v) is 9.71. The lowest BCUT2D eigenvalue weighted by molar-refractivity contribution is -0.116. The summed E-state index contributed by atoms with van der Waals surface area (Å²) in [5.41, 5.74) is 0.293. The number of benzene rings is 2. The molecule has 1 N–H and O–H groups in total. The number of sulfonamides is 1. The minimum absolute atomic E-state index is 0.0820. The number of carbonyl (C=O) groups excluding carboxylic acids is 1. The average molecular weight is 405 g/mol. The molecule has 1 amide bonds. The third kappa shape index (κ3) is 4.84. The number of rotatable bonds is 5. The number of hydrogen-bond donors (Lipinski definition) is 1. The summed E-state index contributed by atoms with van der Waals surface area (Å²) in [7, 11) is -3.85. The van der Waals surface area contributed by atoms with Gasteiger partial charge >= 0.3 is 0 Å². The molecular weight excluding hydrogens is 390 g/mol. The van der Waals surface area contributed by atoms with Gasteiger partial charge in [0, 0.05) is 10.7 Å². The predicted molar refractivity (Wildman–Crippen MR) is 98.3 cm³/mol. The third-order valence-electron chi connectivity index (χ3n) is 3.33. The molecule has 1 unspecified atom stereocenters. The second-order valence-electron chi connectivity index (χ2n) is 5.33. The van der Waals surface area contributed by atoms with Gasteiger partial charge in [0.05, 0.1) is 17.0 Å². The second-order valence-corrected chi connectivity index (χ2v) is 8.03. The SMILES string of the molecule is CC(C(=O)Nc1cccc(F)c1)N(c1cc(Cl)ccc1Cl)S(C)(=O)=O. The van der Waals surface area contributed by atoms with E-state index in [1.807, 2.05) is 0 Å². The molecule has 2 aromatic carbocycles. The highest BCUT2D eigenvalue weighted by atomic mass is 35.5. The van der Waals surface area contributed by atoms with Gasteiger partial charge in [0.15, 0.2) is 0 Å². The van der Waals surface area contributed by atoms with E-state index in [0.29, 0.717) is 0 Å². The lowest BCUT2D eigenvalue weighted by Gasteiger charge is -2.29. The topological polar surface area (TPSA) is 66.5 Å². The van der Waals surface area contributed by atoms with Crippen LogP contribution in [0.25, 0.3) is 0 Å². The van der Waals surface area contributed by atoms with Crippen LogP contribution in [-0.2, 0) is 14.8 Å². The minimum Gasteiger partial charge on any atom is -0.324 e. The maximum Gasteiger partial charge on any atom is 0.247 e. The van der Waals surface area contributed by atoms with Crippen molar-refractivity contribution >= 4 is 50.5 Å². The van der Waals surface area contributed by atoms with Crippen molar-refractivity contribution < 1.29 is 17.6 Å². The molecule has 0 fully saturated rings. The number of nitrogens with one attached hydrogen (secondary N) is 1. The summed E-state index contributed by atoms with van der Waals surface area (Å²) in [5.74, 6) is -1.17. The Balaban J connectivity index is 2.38. The summed E-state index contributed by atoms with van der Waals surface area (Å²) < 4.78 is 38.6. The van der Waals surface area contributed by atoms with Crippen LogP contribution in [0.1, 0.15) is 6.92 Å². The van der Waals surface area contributed by atoms with E-state index in [9.17, 15) is 17.6 Å². The monoisotopic (exact) mass is 404 g/mol. The first-order valence-electron chi connectivity index (χ1n) is 7.10. The summed E-state index contributed by atoms with van der Waals surface area (Å²) in [5, 5.41) is 2.87. The number of anilines is 2. The van der Waals surface area contributed by atoms with Gasteiger partial charge in [-0.2, -0.15) is 0 Å². The highest BCUT2D eigenvalue weighted by molar-refractivity contribution is 7.92. The van der Waals surface area contributed by atoms with Crippen molar-refractivity contribution in [1.82, 2.24) is 0 Å². The zero-order valence-corrected chi connectivity index (χ0v) is 15.7. The van der Waals surface area contributed by atoms with Crippen molar-refractivity contribution in [3.63, 3.8) is 0 Å². The van der Waals surface area contributed by atoms with Crippen molar-refractivity contribution in [2.75, 3.05) is 15.9 Å². The van der Waals surface area contributed by atoms with Crippen LogP contribution < -0.4 is 9.62 Å². The lowest BCUT2D eigenvalue weighted by atomic mass is 10.2. The molecule has 0 aliphatic rings. The molecule has 0 radical (unpaired) electrons. The van der Waals surface area contributed by atoms with Crippen LogP contribution in [-0.4, -0.2) is 26.6 Å². The quantitative estimate of drug-likeness (QED) is 0.820. The van der Waals surface area contributed by atoms with Crippen LogP contribution in [0.4, 0.5) is 15.8 Å². The second kappa shape index (κ2) is 7.59. The molecular formula is C16H15Cl2FN2O3S. The van der Waals surface area contributed by atoms with Crippen LogP contribution in [0.3, 0.4) is 0 Å². The van der Waals surface area contributed by atoms with E-state index in [1.165, 1.54) is 43.3 Å². The number of hydrogen-bond acceptors (Lipinski definition) is 3. The van der Waals surface area contributed by atoms with E-state index in [4.69, 9.17) is 23.2 Å². The Bertz CT molecular complexity index is 906. The predicted octanol–water partition coefficient (Wildman–Crippen LogP) is 3.93. The van der Waals surface area contributed by atoms with Crippen molar-refractivity contribution in [1.29, 1.82) is 0 Å². The van der Waals surface area contributed by atoms with E-state index in [2.05, 4.69) is 5.32 Å². The zero-order chi connectivity index (χ0) is 18.8. The molecule has 0 aromatic heterocycles. The van der Waals surface area contributed by atoms with Crippen LogP contribution in [0.5, 0.6) is 0 Å². The highest BCUT2D eigenvalue weighted by Crippen LogP contribution is 2.32. The molecule has 0 spiro atoms. The maximum absolute atomic E-state index is 13.2. The van der Waals surface area contributed by atoms with Crippen LogP contribution in [0.2, 0.25) is 10.0 Å². The van der Waals surface area contributed by atoms with Gasteiger partial charge in [-0.3, -0.25) is 9.10 Å². The number of nitrogens with zero attached hydrogens (tertiary/aromatic N) is 1. The van der Waals surface area contributed by atoms with Gasteiger partial charge in [0.25, 0.3) is 0 Å². The Kier molecular flexibility index (Phi) is 5.92. The maximum atomic E-state index is 13.2. The normalized spacial score (nSPS) is 12.5. The molecule has 0 heterocycles. The zero-order valence-electron chi connectivity index (χ0n) is 13.3. The van der Waals surface area contributed by atoms with E-state index in [-0.39, 0.29) is 21.4 Å². The molecule has 0 bridgehead atoms. The van der Waals surface area contributed by atoms with Gasteiger partial charge in [-0.15, -0.1) is 0 Å². The van der Waals surface area contributed by atoms with Crippen LogP contribution in [0, 0.1) is 5.82 Å². The van der Waals surface area contributed by atoms with Crippen molar-refractivity contribution in [3.05, 3.63) is 58.3 Å². The Hall–Kier alpha value is -1.83. The van der Waals surface area contributed by atoms with Crippen molar-refractivity contribution in [2.45, 2.75) is 13.0 Å². The fourth-order valence-electron chi connectivity index (χ4n) is 2.25. The van der Waals surface area contributed by atoms with Crippen LogP contribution in [0.15, 0.2) is 42.5 Å². The summed E-state index contributed by atoms with van der Waals surface area (Å²) in [6.07, 6.45) is 0.955. The Labute approximate surface area is 155 Å². The number of carbonyl (C=O) groups is 1. The van der Waals surface area contributed by atoms with E-state index in [0.717, 1.165) is 16.6 Å². The van der Waals surface area contributed by atoms with Gasteiger partial charge in [-0.05, 0) is 43.3 Å². The third-order valence-corrected chi connectivity index (χ3v) is 5.11. The molecule has 9 heteroatoms. The van der Waals surface area contributed by atoms with Gasteiger partial charge in [-0.1, -0.05) is 29.3 Å². The largest absolute Gasteiger partial charge is 0.324 e. The van der Waals surface area contributed by atoms with Gasteiger partial charge in [0.1, 0.15) is 11.9 Å². The molecule has 2 rings (SSSR count). The fraction of sp³-hybridized carbons (Fsp3) is 0.188. The molecule has 2 aromatic rings. The van der Waals surface area contributed by atoms with Gasteiger partial charge in [-0.25, -0.2) is 12.8 Å². The Morgan fingerprint density at radius 2 is 1.88 bits per heavy atom. The lowest BCUT2D eigenvalue weighted by Crippen LogP contribution is -2.45. The molecule has 25 heavy (non-hydrogen) atoms. The summed E-state index contributed by atoms with van der Waals surface area (Å²) >= 11 is 12.0. The molecule has 0 aliphatic carbocycles. The van der Waals surface area contributed by atoms with Crippen molar-refractivity contribution in [2.24, 2.45) is 0 Å².